The van der Waals surface area contributed by atoms with Crippen LogP contribution in [0.25, 0.3) is 6.08 Å². The fourth-order valence-corrected chi connectivity index (χ4v) is 2.78. The first kappa shape index (κ1) is 17.6. The van der Waals surface area contributed by atoms with Crippen LogP contribution >= 0.6 is 0 Å². The monoisotopic (exact) mass is 376 g/mol. The molecule has 0 saturated heterocycles. The topological polar surface area (TPSA) is 75.0 Å². The number of fused-ring (bicyclic) bond motifs is 1. The Morgan fingerprint density at radius 3 is 2.64 bits per heavy atom. The number of carbonyl (C=O) groups excluding carboxylic acids is 2. The number of Topliss-reactive ketones (excluding diaryl/α,β-unsaturated/α-hetero) is 1. The van der Waals surface area contributed by atoms with Gasteiger partial charge in [-0.2, -0.15) is 0 Å². The molecule has 6 nitrogen and oxygen atoms in total. The van der Waals surface area contributed by atoms with Crippen LogP contribution in [0.2, 0.25) is 0 Å². The maximum absolute atomic E-state index is 12.4. The van der Waals surface area contributed by atoms with Crippen LogP contribution in [-0.4, -0.2) is 18.9 Å². The maximum Gasteiger partial charge on any atom is 0.337 e. The van der Waals surface area contributed by atoms with Gasteiger partial charge in [-0.3, -0.25) is 4.79 Å². The first-order valence-electron chi connectivity index (χ1n) is 8.56. The zero-order valence-corrected chi connectivity index (χ0v) is 15.0. The average molecular weight is 376 g/mol. The predicted molar refractivity (Wildman–Crippen MR) is 100 cm³/mol. The molecule has 140 valence electrons. The van der Waals surface area contributed by atoms with E-state index in [-0.39, 0.29) is 17.5 Å². The summed E-state index contributed by atoms with van der Waals surface area (Å²) in [5, 5.41) is 0. The lowest BCUT2D eigenvalue weighted by atomic mass is 10.1. The Labute approximate surface area is 160 Å². The number of ketones is 1. The Hall–Kier alpha value is -3.80. The van der Waals surface area contributed by atoms with Crippen LogP contribution in [0, 0.1) is 0 Å². The molecule has 0 spiro atoms. The molecule has 0 N–H and O–H groups in total. The minimum Gasteiger partial charge on any atom is -0.489 e. The number of rotatable bonds is 5. The van der Waals surface area contributed by atoms with Gasteiger partial charge in [-0.05, 0) is 42.0 Å². The van der Waals surface area contributed by atoms with E-state index in [1.54, 1.807) is 60.7 Å². The number of hydrogen-bond acceptors (Lipinski definition) is 6. The minimum absolute atomic E-state index is 0.198. The van der Waals surface area contributed by atoms with Crippen molar-refractivity contribution in [2.75, 3.05) is 7.11 Å². The lowest BCUT2D eigenvalue weighted by Crippen LogP contribution is -2.02. The normalized spacial score (nSPS) is 13.9. The number of carbonyl (C=O) groups is 2. The van der Waals surface area contributed by atoms with Crippen molar-refractivity contribution >= 4 is 17.8 Å². The molecule has 0 radical (unpaired) electrons. The number of esters is 1. The molecule has 0 atom stereocenters. The molecule has 1 aliphatic heterocycles. The molecule has 2 heterocycles. The maximum atomic E-state index is 12.4. The van der Waals surface area contributed by atoms with Crippen molar-refractivity contribution in [1.82, 2.24) is 0 Å². The first-order valence-corrected chi connectivity index (χ1v) is 8.56. The Kier molecular flexibility index (Phi) is 4.68. The van der Waals surface area contributed by atoms with Crippen LogP contribution in [0.15, 0.2) is 71.0 Å². The Balaban J connectivity index is 1.45. The number of ether oxygens (including phenoxy) is 3. The van der Waals surface area contributed by atoms with Gasteiger partial charge in [-0.15, -0.1) is 0 Å². The molecule has 1 aromatic heterocycles. The molecule has 0 amide bonds. The van der Waals surface area contributed by atoms with E-state index in [1.165, 1.54) is 13.4 Å². The standard InChI is InChI=1S/C22H16O6/c1-25-22(24)15-6-4-14(5-7-15)13-27-17-8-9-18-19(11-17)28-20(21(18)23)12-16-3-2-10-26-16/h2-12H,13H2,1H3/b20-12+. The highest BCUT2D eigenvalue weighted by molar-refractivity contribution is 6.14. The fourth-order valence-electron chi connectivity index (χ4n) is 2.78. The van der Waals surface area contributed by atoms with Gasteiger partial charge in [0.25, 0.3) is 0 Å². The number of methoxy groups -OCH3 is 1. The summed E-state index contributed by atoms with van der Waals surface area (Å²) in [6, 6.07) is 15.5. The highest BCUT2D eigenvalue weighted by Gasteiger charge is 2.28. The van der Waals surface area contributed by atoms with Crippen LogP contribution in [0.3, 0.4) is 0 Å². The summed E-state index contributed by atoms with van der Waals surface area (Å²) >= 11 is 0. The van der Waals surface area contributed by atoms with Crippen molar-refractivity contribution in [2.24, 2.45) is 0 Å². The molecule has 3 aromatic rings. The van der Waals surface area contributed by atoms with Crippen LogP contribution in [-0.2, 0) is 11.3 Å². The second-order valence-corrected chi connectivity index (χ2v) is 6.09. The third-order valence-corrected chi connectivity index (χ3v) is 4.24. The van der Waals surface area contributed by atoms with Crippen LogP contribution in [0.4, 0.5) is 0 Å². The molecule has 1 aliphatic rings. The zero-order chi connectivity index (χ0) is 19.5. The SMILES string of the molecule is COC(=O)c1ccc(COc2ccc3c(c2)O/C(=C/c2ccco2)C3=O)cc1. The van der Waals surface area contributed by atoms with Gasteiger partial charge in [-0.1, -0.05) is 12.1 Å². The Bertz CT molecular complexity index is 1050. The van der Waals surface area contributed by atoms with Crippen LogP contribution < -0.4 is 9.47 Å². The molecule has 0 fully saturated rings. The van der Waals surface area contributed by atoms with E-state index in [0.717, 1.165) is 5.56 Å². The van der Waals surface area contributed by atoms with Crippen molar-refractivity contribution in [3.8, 4) is 11.5 Å². The second kappa shape index (κ2) is 7.44. The number of allylic oxidation sites excluding steroid dienone is 1. The summed E-state index contributed by atoms with van der Waals surface area (Å²) in [4.78, 5) is 23.9. The van der Waals surface area contributed by atoms with E-state index in [9.17, 15) is 9.59 Å². The van der Waals surface area contributed by atoms with Gasteiger partial charge in [0.2, 0.25) is 5.78 Å². The largest absolute Gasteiger partial charge is 0.489 e. The quantitative estimate of drug-likeness (QED) is 0.489. The second-order valence-electron chi connectivity index (χ2n) is 6.09. The van der Waals surface area contributed by atoms with Gasteiger partial charge in [-0.25, -0.2) is 4.79 Å². The van der Waals surface area contributed by atoms with Gasteiger partial charge in [0.15, 0.2) is 5.76 Å². The number of benzene rings is 2. The lowest BCUT2D eigenvalue weighted by Gasteiger charge is -2.08. The van der Waals surface area contributed by atoms with E-state index in [1.807, 2.05) is 0 Å². The van der Waals surface area contributed by atoms with E-state index in [4.69, 9.17) is 13.9 Å². The number of hydrogen-bond donors (Lipinski definition) is 0. The molecule has 2 aromatic carbocycles. The molecule has 0 unspecified atom stereocenters. The van der Waals surface area contributed by atoms with Crippen molar-refractivity contribution in [1.29, 1.82) is 0 Å². The van der Waals surface area contributed by atoms with E-state index in [0.29, 0.717) is 35.0 Å². The summed E-state index contributed by atoms with van der Waals surface area (Å²) in [6.45, 7) is 0.309. The van der Waals surface area contributed by atoms with Crippen molar-refractivity contribution < 1.29 is 28.2 Å². The van der Waals surface area contributed by atoms with E-state index in [2.05, 4.69) is 4.74 Å². The van der Waals surface area contributed by atoms with Gasteiger partial charge in [0.05, 0.1) is 24.5 Å². The Morgan fingerprint density at radius 1 is 1.11 bits per heavy atom. The van der Waals surface area contributed by atoms with Crippen LogP contribution in [0.5, 0.6) is 11.5 Å². The summed E-state index contributed by atoms with van der Waals surface area (Å²) in [6.07, 6.45) is 3.09. The molecular formula is C22H16O6. The van der Waals surface area contributed by atoms with Gasteiger partial charge >= 0.3 is 5.97 Å². The first-order chi connectivity index (χ1) is 13.6. The highest BCUT2D eigenvalue weighted by Crippen LogP contribution is 2.35. The minimum atomic E-state index is -0.383. The molecule has 6 heteroatoms. The van der Waals surface area contributed by atoms with Crippen molar-refractivity contribution in [3.63, 3.8) is 0 Å². The van der Waals surface area contributed by atoms with Crippen molar-refractivity contribution in [2.45, 2.75) is 6.61 Å². The summed E-state index contributed by atoms with van der Waals surface area (Å²) in [7, 11) is 1.34. The smallest absolute Gasteiger partial charge is 0.337 e. The third-order valence-electron chi connectivity index (χ3n) is 4.24. The fraction of sp³-hybridized carbons (Fsp3) is 0.0909. The van der Waals surface area contributed by atoms with Gasteiger partial charge in [0.1, 0.15) is 23.9 Å². The summed E-state index contributed by atoms with van der Waals surface area (Å²) in [5.74, 6) is 1.19. The molecule has 28 heavy (non-hydrogen) atoms. The van der Waals surface area contributed by atoms with Crippen molar-refractivity contribution in [3.05, 3.63) is 89.1 Å². The molecule has 0 aliphatic carbocycles. The molecular weight excluding hydrogens is 360 g/mol. The van der Waals surface area contributed by atoms with E-state index < -0.39 is 0 Å². The van der Waals surface area contributed by atoms with E-state index >= 15 is 0 Å². The Morgan fingerprint density at radius 2 is 1.93 bits per heavy atom. The zero-order valence-electron chi connectivity index (χ0n) is 15.0. The summed E-state index contributed by atoms with van der Waals surface area (Å²) < 4.78 is 21.3. The molecule has 0 bridgehead atoms. The third kappa shape index (κ3) is 3.53. The average Bonchev–Trinajstić information content (AvgIpc) is 3.34. The van der Waals surface area contributed by atoms with Crippen LogP contribution in [0.1, 0.15) is 32.0 Å². The number of furan rings is 1. The summed E-state index contributed by atoms with van der Waals surface area (Å²) in [5.41, 5.74) is 1.85. The lowest BCUT2D eigenvalue weighted by molar-refractivity contribution is 0.0600. The highest BCUT2D eigenvalue weighted by atomic mass is 16.5. The predicted octanol–water partition coefficient (Wildman–Crippen LogP) is 4.26. The molecule has 0 saturated carbocycles. The van der Waals surface area contributed by atoms with Gasteiger partial charge in [0, 0.05) is 12.1 Å². The van der Waals surface area contributed by atoms with Gasteiger partial charge < -0.3 is 18.6 Å². The molecule has 4 rings (SSSR count).